The average molecular weight is 442 g/mol. The van der Waals surface area contributed by atoms with Crippen LogP contribution >= 0.6 is 24.0 Å². The Bertz CT molecular complexity index is 399. The molecule has 0 aromatic rings. The first kappa shape index (κ1) is 22.2. The van der Waals surface area contributed by atoms with Gasteiger partial charge in [0.1, 0.15) is 5.60 Å². The predicted octanol–water partition coefficient (Wildman–Crippen LogP) is 1.80. The van der Waals surface area contributed by atoms with Crippen LogP contribution in [0.5, 0.6) is 0 Å². The second kappa shape index (κ2) is 10.2. The van der Waals surface area contributed by atoms with E-state index in [1.165, 1.54) is 0 Å². The summed E-state index contributed by atoms with van der Waals surface area (Å²) in [6.45, 7) is 10.2. The van der Waals surface area contributed by atoms with E-state index in [0.717, 1.165) is 6.42 Å². The number of carbonyl (C=O) groups excluding carboxylic acids is 1. The molecule has 0 aromatic carbocycles. The Balaban J connectivity index is 0.00000484. The SMILES string of the molecule is COCC(C)NC(N)=NCC1CCN(C(=O)OC(C)(C)C)C1.I. The Labute approximate surface area is 156 Å². The second-order valence-corrected chi connectivity index (χ2v) is 6.81. The molecule has 1 aliphatic rings. The molecule has 8 heteroatoms. The van der Waals surface area contributed by atoms with Crippen molar-refractivity contribution in [1.82, 2.24) is 10.2 Å². The molecule has 0 aromatic heterocycles. The monoisotopic (exact) mass is 442 g/mol. The van der Waals surface area contributed by atoms with Gasteiger partial charge in [0, 0.05) is 32.8 Å². The number of nitrogens with two attached hydrogens (primary N) is 1. The van der Waals surface area contributed by atoms with Gasteiger partial charge in [-0.2, -0.15) is 0 Å². The van der Waals surface area contributed by atoms with Gasteiger partial charge >= 0.3 is 6.09 Å². The van der Waals surface area contributed by atoms with Crippen molar-refractivity contribution in [3.63, 3.8) is 0 Å². The zero-order chi connectivity index (χ0) is 16.8. The van der Waals surface area contributed by atoms with Gasteiger partial charge in [-0.05, 0) is 40.0 Å². The van der Waals surface area contributed by atoms with Crippen LogP contribution in [0.25, 0.3) is 0 Å². The summed E-state index contributed by atoms with van der Waals surface area (Å²) in [5, 5.41) is 3.07. The van der Waals surface area contributed by atoms with Gasteiger partial charge in [0.15, 0.2) is 5.96 Å². The molecule has 1 saturated heterocycles. The number of hydrogen-bond acceptors (Lipinski definition) is 4. The van der Waals surface area contributed by atoms with Crippen molar-refractivity contribution in [2.45, 2.75) is 45.8 Å². The molecular weight excluding hydrogens is 411 g/mol. The molecule has 0 aliphatic carbocycles. The molecule has 1 rings (SSSR count). The van der Waals surface area contributed by atoms with Gasteiger partial charge in [0.05, 0.1) is 6.61 Å². The van der Waals surface area contributed by atoms with Gasteiger partial charge in [0.25, 0.3) is 0 Å². The van der Waals surface area contributed by atoms with E-state index in [4.69, 9.17) is 15.2 Å². The van der Waals surface area contributed by atoms with Crippen molar-refractivity contribution in [3.8, 4) is 0 Å². The number of ether oxygens (including phenoxy) is 2. The average Bonchev–Trinajstić information content (AvgIpc) is 2.83. The maximum Gasteiger partial charge on any atom is 0.410 e. The molecule has 0 radical (unpaired) electrons. The van der Waals surface area contributed by atoms with Crippen molar-refractivity contribution in [3.05, 3.63) is 0 Å². The Kier molecular flexibility index (Phi) is 9.83. The number of methoxy groups -OCH3 is 1. The summed E-state index contributed by atoms with van der Waals surface area (Å²) in [7, 11) is 1.65. The number of carbonyl (C=O) groups is 1. The minimum absolute atomic E-state index is 0. The number of amides is 1. The minimum atomic E-state index is -0.459. The minimum Gasteiger partial charge on any atom is -0.444 e. The summed E-state index contributed by atoms with van der Waals surface area (Å²) in [4.78, 5) is 18.1. The largest absolute Gasteiger partial charge is 0.444 e. The molecular formula is C15H31IN4O3. The Morgan fingerprint density at radius 2 is 2.13 bits per heavy atom. The predicted molar refractivity (Wildman–Crippen MR) is 102 cm³/mol. The maximum atomic E-state index is 12.0. The highest BCUT2D eigenvalue weighted by molar-refractivity contribution is 14.0. The number of nitrogens with zero attached hydrogens (tertiary/aromatic N) is 2. The number of guanidine groups is 1. The molecule has 0 saturated carbocycles. The first-order chi connectivity index (χ1) is 10.2. The summed E-state index contributed by atoms with van der Waals surface area (Å²) >= 11 is 0. The fourth-order valence-electron chi connectivity index (χ4n) is 2.29. The lowest BCUT2D eigenvalue weighted by Crippen LogP contribution is -2.41. The summed E-state index contributed by atoms with van der Waals surface area (Å²) < 4.78 is 10.4. The fraction of sp³-hybridized carbons (Fsp3) is 0.867. The van der Waals surface area contributed by atoms with Crippen LogP contribution in [0.3, 0.4) is 0 Å². The van der Waals surface area contributed by atoms with Gasteiger partial charge in [-0.25, -0.2) is 4.79 Å². The highest BCUT2D eigenvalue weighted by Gasteiger charge is 2.29. The smallest absolute Gasteiger partial charge is 0.410 e. The van der Waals surface area contributed by atoms with Crippen molar-refractivity contribution in [2.24, 2.45) is 16.6 Å². The molecule has 1 aliphatic heterocycles. The zero-order valence-corrected chi connectivity index (χ0v) is 17.1. The Morgan fingerprint density at radius 3 is 2.70 bits per heavy atom. The van der Waals surface area contributed by atoms with Gasteiger partial charge in [0.2, 0.25) is 0 Å². The van der Waals surface area contributed by atoms with E-state index >= 15 is 0 Å². The molecule has 23 heavy (non-hydrogen) atoms. The maximum absolute atomic E-state index is 12.0. The number of nitrogens with one attached hydrogen (secondary N) is 1. The van der Waals surface area contributed by atoms with Crippen molar-refractivity contribution >= 4 is 36.0 Å². The van der Waals surface area contributed by atoms with Crippen LogP contribution in [0, 0.1) is 5.92 Å². The van der Waals surface area contributed by atoms with Gasteiger partial charge < -0.3 is 25.4 Å². The van der Waals surface area contributed by atoms with E-state index in [9.17, 15) is 4.79 Å². The topological polar surface area (TPSA) is 89.2 Å². The molecule has 136 valence electrons. The number of hydrogen-bond donors (Lipinski definition) is 2. The van der Waals surface area contributed by atoms with Crippen LogP contribution in [0.2, 0.25) is 0 Å². The first-order valence-corrected chi connectivity index (χ1v) is 7.74. The number of likely N-dealkylation sites (tertiary alicyclic amines) is 1. The number of rotatable bonds is 5. The molecule has 7 nitrogen and oxygen atoms in total. The summed E-state index contributed by atoms with van der Waals surface area (Å²) in [6, 6.07) is 0.121. The summed E-state index contributed by atoms with van der Waals surface area (Å²) in [5.74, 6) is 0.742. The highest BCUT2D eigenvalue weighted by atomic mass is 127. The normalized spacial score (nSPS) is 20.0. The standard InChI is InChI=1S/C15H30N4O3.HI/c1-11(10-21-5)18-13(16)17-8-12-6-7-19(9-12)14(20)22-15(2,3)4;/h11-12H,6-10H2,1-5H3,(H3,16,17,18);1H. The quantitative estimate of drug-likeness (QED) is 0.385. The summed E-state index contributed by atoms with van der Waals surface area (Å²) in [5.41, 5.74) is 5.38. The Morgan fingerprint density at radius 1 is 1.48 bits per heavy atom. The van der Waals surface area contributed by atoms with E-state index in [1.54, 1.807) is 12.0 Å². The van der Waals surface area contributed by atoms with Crippen LogP contribution < -0.4 is 11.1 Å². The summed E-state index contributed by atoms with van der Waals surface area (Å²) in [6.07, 6.45) is 0.669. The van der Waals surface area contributed by atoms with E-state index < -0.39 is 5.60 Å². The highest BCUT2D eigenvalue weighted by Crippen LogP contribution is 2.19. The lowest BCUT2D eigenvalue weighted by atomic mass is 10.1. The van der Waals surface area contributed by atoms with E-state index in [2.05, 4.69) is 10.3 Å². The third kappa shape index (κ3) is 9.19. The van der Waals surface area contributed by atoms with E-state index in [-0.39, 0.29) is 36.1 Å². The van der Waals surface area contributed by atoms with Gasteiger partial charge in [-0.15, -0.1) is 24.0 Å². The van der Waals surface area contributed by atoms with E-state index in [1.807, 2.05) is 27.7 Å². The molecule has 2 atom stereocenters. The molecule has 0 bridgehead atoms. The van der Waals surface area contributed by atoms with Crippen LogP contribution in [0.1, 0.15) is 34.1 Å². The van der Waals surface area contributed by atoms with Crippen LogP contribution in [-0.2, 0) is 9.47 Å². The van der Waals surface area contributed by atoms with E-state index in [0.29, 0.717) is 38.1 Å². The molecule has 1 fully saturated rings. The zero-order valence-electron chi connectivity index (χ0n) is 14.8. The van der Waals surface area contributed by atoms with Crippen LogP contribution in [0.4, 0.5) is 4.79 Å². The van der Waals surface area contributed by atoms with Crippen LogP contribution in [-0.4, -0.2) is 61.9 Å². The fourth-order valence-corrected chi connectivity index (χ4v) is 2.29. The van der Waals surface area contributed by atoms with Crippen LogP contribution in [0.15, 0.2) is 4.99 Å². The molecule has 1 heterocycles. The lowest BCUT2D eigenvalue weighted by molar-refractivity contribution is 0.0289. The van der Waals surface area contributed by atoms with Gasteiger partial charge in [-0.3, -0.25) is 4.99 Å². The third-order valence-electron chi connectivity index (χ3n) is 3.27. The number of aliphatic imine (C=N–C) groups is 1. The molecule has 3 N–H and O–H groups in total. The first-order valence-electron chi connectivity index (χ1n) is 7.74. The lowest BCUT2D eigenvalue weighted by Gasteiger charge is -2.24. The van der Waals surface area contributed by atoms with Crippen molar-refractivity contribution in [1.29, 1.82) is 0 Å². The second-order valence-electron chi connectivity index (χ2n) is 6.81. The van der Waals surface area contributed by atoms with Gasteiger partial charge in [-0.1, -0.05) is 0 Å². The third-order valence-corrected chi connectivity index (χ3v) is 3.27. The van der Waals surface area contributed by atoms with Crippen molar-refractivity contribution in [2.75, 3.05) is 33.4 Å². The number of halogens is 1. The molecule has 2 unspecified atom stereocenters. The van der Waals surface area contributed by atoms with Crippen molar-refractivity contribution < 1.29 is 14.3 Å². The Hall–Kier alpha value is -0.770. The molecule has 0 spiro atoms. The molecule has 1 amide bonds.